The van der Waals surface area contributed by atoms with E-state index in [0.717, 1.165) is 23.4 Å². The van der Waals surface area contributed by atoms with Gasteiger partial charge < -0.3 is 5.32 Å². The summed E-state index contributed by atoms with van der Waals surface area (Å²) in [5.74, 6) is 0.592. The zero-order valence-corrected chi connectivity index (χ0v) is 14.8. The van der Waals surface area contributed by atoms with Crippen LogP contribution in [0.15, 0.2) is 60.8 Å². The highest BCUT2D eigenvalue weighted by atomic mass is 16.1. The van der Waals surface area contributed by atoms with Crippen LogP contribution in [-0.4, -0.2) is 30.7 Å². The Labute approximate surface area is 156 Å². The molecule has 0 bridgehead atoms. The van der Waals surface area contributed by atoms with Crippen LogP contribution >= 0.6 is 0 Å². The van der Waals surface area contributed by atoms with E-state index in [1.807, 2.05) is 61.5 Å². The van der Waals surface area contributed by atoms with Gasteiger partial charge in [0.25, 0.3) is 0 Å². The van der Waals surface area contributed by atoms with Gasteiger partial charge in [0.2, 0.25) is 11.7 Å². The van der Waals surface area contributed by atoms with Gasteiger partial charge in [0.1, 0.15) is 5.69 Å². The first-order valence-corrected chi connectivity index (χ1v) is 8.79. The van der Waals surface area contributed by atoms with Gasteiger partial charge in [-0.1, -0.05) is 25.1 Å². The molecule has 0 aliphatic carbocycles. The third-order valence-corrected chi connectivity index (χ3v) is 4.08. The number of fused-ring (bicyclic) bond motifs is 1. The lowest BCUT2D eigenvalue weighted by Crippen LogP contribution is -2.10. The van der Waals surface area contributed by atoms with Gasteiger partial charge in [-0.2, -0.15) is 9.61 Å². The number of rotatable bonds is 5. The molecule has 0 unspecified atom stereocenters. The van der Waals surface area contributed by atoms with Crippen molar-refractivity contribution in [1.82, 2.24) is 24.8 Å². The van der Waals surface area contributed by atoms with E-state index in [0.29, 0.717) is 23.6 Å². The number of benzene rings is 1. The third kappa shape index (κ3) is 3.52. The Kier molecular flexibility index (Phi) is 4.57. The highest BCUT2D eigenvalue weighted by molar-refractivity contribution is 5.91. The molecule has 134 valence electrons. The Morgan fingerprint density at radius 3 is 2.78 bits per heavy atom. The molecule has 3 heterocycles. The van der Waals surface area contributed by atoms with E-state index in [2.05, 4.69) is 25.6 Å². The van der Waals surface area contributed by atoms with Gasteiger partial charge in [0.05, 0.1) is 5.69 Å². The second kappa shape index (κ2) is 7.33. The largest absolute Gasteiger partial charge is 0.326 e. The Hall–Kier alpha value is -3.61. The highest BCUT2D eigenvalue weighted by Gasteiger charge is 2.12. The van der Waals surface area contributed by atoms with E-state index >= 15 is 0 Å². The van der Waals surface area contributed by atoms with Crippen molar-refractivity contribution in [1.29, 1.82) is 0 Å². The van der Waals surface area contributed by atoms with Crippen molar-refractivity contribution in [2.75, 3.05) is 5.32 Å². The number of carbonyl (C=O) groups is 1. The Morgan fingerprint density at radius 2 is 1.96 bits per heavy atom. The topological polar surface area (TPSA) is 85.1 Å². The van der Waals surface area contributed by atoms with Gasteiger partial charge in [0.15, 0.2) is 5.65 Å². The molecule has 27 heavy (non-hydrogen) atoms. The fraction of sp³-hybridized carbons (Fsp3) is 0.150. The van der Waals surface area contributed by atoms with E-state index in [1.54, 1.807) is 10.7 Å². The van der Waals surface area contributed by atoms with Gasteiger partial charge in [-0.3, -0.25) is 9.78 Å². The summed E-state index contributed by atoms with van der Waals surface area (Å²) in [5, 5.41) is 16.0. The standard InChI is InChI=1S/C20H18N6O/c1-2-6-19(27)22-15-8-5-7-14(13-15)16-10-11-18-23-24-20(26(18)25-16)17-9-3-4-12-21-17/h3-5,7-13H,2,6H2,1H3,(H,22,27). The minimum Gasteiger partial charge on any atom is -0.326 e. The van der Waals surface area contributed by atoms with Crippen LogP contribution in [0, 0.1) is 0 Å². The lowest BCUT2D eigenvalue weighted by atomic mass is 10.1. The number of pyridine rings is 1. The molecule has 0 fully saturated rings. The Bertz CT molecular complexity index is 1090. The normalized spacial score (nSPS) is 10.9. The fourth-order valence-corrected chi connectivity index (χ4v) is 2.80. The van der Waals surface area contributed by atoms with Gasteiger partial charge in [-0.05, 0) is 42.8 Å². The molecule has 4 aromatic rings. The molecule has 1 aromatic carbocycles. The number of nitrogens with one attached hydrogen (secondary N) is 1. The van der Waals surface area contributed by atoms with E-state index in [4.69, 9.17) is 0 Å². The molecule has 0 aliphatic rings. The lowest BCUT2D eigenvalue weighted by molar-refractivity contribution is -0.116. The summed E-state index contributed by atoms with van der Waals surface area (Å²) in [4.78, 5) is 16.2. The van der Waals surface area contributed by atoms with Crippen LogP contribution in [0.2, 0.25) is 0 Å². The number of hydrogen-bond acceptors (Lipinski definition) is 5. The maximum absolute atomic E-state index is 11.8. The molecule has 1 amide bonds. The molecule has 0 saturated carbocycles. The summed E-state index contributed by atoms with van der Waals surface area (Å²) in [6, 6.07) is 17.0. The van der Waals surface area contributed by atoms with Gasteiger partial charge in [0, 0.05) is 23.9 Å². The molecule has 0 spiro atoms. The first-order chi connectivity index (χ1) is 13.2. The molecule has 7 heteroatoms. The summed E-state index contributed by atoms with van der Waals surface area (Å²) in [7, 11) is 0. The summed E-state index contributed by atoms with van der Waals surface area (Å²) in [5.41, 5.74) is 3.75. The first kappa shape index (κ1) is 16.8. The highest BCUT2D eigenvalue weighted by Crippen LogP contribution is 2.23. The van der Waals surface area contributed by atoms with Crippen molar-refractivity contribution >= 4 is 17.2 Å². The molecule has 0 radical (unpaired) electrons. The van der Waals surface area contributed by atoms with Gasteiger partial charge in [-0.15, -0.1) is 10.2 Å². The van der Waals surface area contributed by atoms with E-state index in [1.165, 1.54) is 0 Å². The van der Waals surface area contributed by atoms with Crippen LogP contribution in [0.1, 0.15) is 19.8 Å². The quantitative estimate of drug-likeness (QED) is 0.589. The minimum absolute atomic E-state index is 0.00862. The molecule has 4 rings (SSSR count). The van der Waals surface area contributed by atoms with E-state index in [9.17, 15) is 4.79 Å². The van der Waals surface area contributed by atoms with Crippen LogP contribution in [-0.2, 0) is 4.79 Å². The third-order valence-electron chi connectivity index (χ3n) is 4.08. The predicted molar refractivity (Wildman–Crippen MR) is 103 cm³/mol. The second-order valence-corrected chi connectivity index (χ2v) is 6.11. The summed E-state index contributed by atoms with van der Waals surface area (Å²) in [6.07, 6.45) is 3.03. The minimum atomic E-state index is 0.00862. The monoisotopic (exact) mass is 358 g/mol. The van der Waals surface area contributed by atoms with E-state index in [-0.39, 0.29) is 5.91 Å². The molecule has 0 atom stereocenters. The SMILES string of the molecule is CCCC(=O)Nc1cccc(-c2ccc3nnc(-c4ccccn4)n3n2)c1. The van der Waals surface area contributed by atoms with Crippen molar-refractivity contribution in [3.8, 4) is 22.8 Å². The summed E-state index contributed by atoms with van der Waals surface area (Å²) in [6.45, 7) is 1.98. The number of aromatic nitrogens is 5. The molecular formula is C20H18N6O. The molecule has 1 N–H and O–H groups in total. The average Bonchev–Trinajstić information content (AvgIpc) is 3.12. The number of anilines is 1. The van der Waals surface area contributed by atoms with E-state index < -0.39 is 0 Å². The zero-order chi connectivity index (χ0) is 18.6. The molecule has 0 aliphatic heterocycles. The molecular weight excluding hydrogens is 340 g/mol. The summed E-state index contributed by atoms with van der Waals surface area (Å²) >= 11 is 0. The Balaban J connectivity index is 1.71. The van der Waals surface area contributed by atoms with Crippen molar-refractivity contribution in [3.63, 3.8) is 0 Å². The number of carbonyl (C=O) groups excluding carboxylic acids is 1. The fourth-order valence-electron chi connectivity index (χ4n) is 2.80. The number of amides is 1. The van der Waals surface area contributed by atoms with Crippen molar-refractivity contribution in [2.45, 2.75) is 19.8 Å². The Morgan fingerprint density at radius 1 is 1.04 bits per heavy atom. The van der Waals surface area contributed by atoms with Gasteiger partial charge >= 0.3 is 0 Å². The van der Waals surface area contributed by atoms with Crippen LogP contribution in [0.25, 0.3) is 28.4 Å². The smallest absolute Gasteiger partial charge is 0.224 e. The van der Waals surface area contributed by atoms with Crippen molar-refractivity contribution < 1.29 is 4.79 Å². The van der Waals surface area contributed by atoms with Crippen LogP contribution < -0.4 is 5.32 Å². The predicted octanol–water partition coefficient (Wildman–Crippen LogP) is 3.59. The zero-order valence-electron chi connectivity index (χ0n) is 14.8. The van der Waals surface area contributed by atoms with Gasteiger partial charge in [-0.25, -0.2) is 0 Å². The average molecular weight is 358 g/mol. The molecule has 7 nitrogen and oxygen atoms in total. The number of hydrogen-bond donors (Lipinski definition) is 1. The van der Waals surface area contributed by atoms with Crippen LogP contribution in [0.3, 0.4) is 0 Å². The van der Waals surface area contributed by atoms with Crippen molar-refractivity contribution in [3.05, 3.63) is 60.8 Å². The van der Waals surface area contributed by atoms with Crippen molar-refractivity contribution in [2.24, 2.45) is 0 Å². The van der Waals surface area contributed by atoms with Crippen LogP contribution in [0.4, 0.5) is 5.69 Å². The first-order valence-electron chi connectivity index (χ1n) is 8.79. The van der Waals surface area contributed by atoms with Crippen LogP contribution in [0.5, 0.6) is 0 Å². The maximum Gasteiger partial charge on any atom is 0.224 e. The maximum atomic E-state index is 11.8. The molecule has 3 aromatic heterocycles. The second-order valence-electron chi connectivity index (χ2n) is 6.11. The summed E-state index contributed by atoms with van der Waals surface area (Å²) < 4.78 is 1.68. The lowest BCUT2D eigenvalue weighted by Gasteiger charge is -2.07. The molecule has 0 saturated heterocycles. The number of nitrogens with zero attached hydrogens (tertiary/aromatic N) is 5.